The molecule has 0 radical (unpaired) electrons. The summed E-state index contributed by atoms with van der Waals surface area (Å²) in [5, 5.41) is 10.6. The fraction of sp³-hybridized carbons (Fsp3) is 0.526. The molecule has 7 nitrogen and oxygen atoms in total. The molecule has 2 heterocycles. The minimum atomic E-state index is -4.50. The molecule has 2 aromatic rings. The van der Waals surface area contributed by atoms with E-state index in [1.165, 1.54) is 12.3 Å². The van der Waals surface area contributed by atoms with Crippen LogP contribution in [0.4, 0.5) is 13.2 Å². The molecule has 0 aromatic carbocycles. The minimum absolute atomic E-state index is 0.0241. The standard InChI is InChI=1S/C19H27F3N6O/c1-4-23-18(25-9-6-11-28-15(3)13-14(2)27-28)26-10-12-29-17-16(19(20,21)22)7-5-8-24-17/h5,7-8,13H,4,6,9-12H2,1-3H3,(H2,23,25,26). The van der Waals surface area contributed by atoms with Gasteiger partial charge in [0, 0.05) is 31.5 Å². The Morgan fingerprint density at radius 2 is 2.07 bits per heavy atom. The van der Waals surface area contributed by atoms with Gasteiger partial charge >= 0.3 is 6.18 Å². The third-order valence-corrected chi connectivity index (χ3v) is 3.96. The lowest BCUT2D eigenvalue weighted by Gasteiger charge is -2.14. The monoisotopic (exact) mass is 412 g/mol. The van der Waals surface area contributed by atoms with Gasteiger partial charge in [-0.15, -0.1) is 0 Å². The van der Waals surface area contributed by atoms with E-state index >= 15 is 0 Å². The van der Waals surface area contributed by atoms with Crippen LogP contribution in [-0.2, 0) is 12.7 Å². The van der Waals surface area contributed by atoms with Crippen LogP contribution in [-0.4, -0.2) is 47.0 Å². The molecule has 0 unspecified atom stereocenters. The number of ether oxygens (including phenoxy) is 1. The first-order chi connectivity index (χ1) is 13.8. The molecule has 10 heteroatoms. The number of hydrogen-bond donors (Lipinski definition) is 2. The molecule has 0 atom stereocenters. The fourth-order valence-electron chi connectivity index (χ4n) is 2.69. The molecule has 2 N–H and O–H groups in total. The van der Waals surface area contributed by atoms with E-state index in [0.29, 0.717) is 19.0 Å². The number of guanidine groups is 1. The summed E-state index contributed by atoms with van der Waals surface area (Å²) < 4.78 is 46.0. The van der Waals surface area contributed by atoms with Crippen LogP contribution in [0.3, 0.4) is 0 Å². The molecule has 0 aliphatic heterocycles. The van der Waals surface area contributed by atoms with Crippen molar-refractivity contribution in [2.45, 2.75) is 39.9 Å². The van der Waals surface area contributed by atoms with Gasteiger partial charge in [0.2, 0.25) is 5.88 Å². The van der Waals surface area contributed by atoms with Gasteiger partial charge in [0.15, 0.2) is 5.96 Å². The van der Waals surface area contributed by atoms with Crippen molar-refractivity contribution in [3.8, 4) is 5.88 Å². The van der Waals surface area contributed by atoms with Gasteiger partial charge in [-0.05, 0) is 45.4 Å². The second kappa shape index (κ2) is 10.7. The van der Waals surface area contributed by atoms with E-state index in [0.717, 1.165) is 30.4 Å². The lowest BCUT2D eigenvalue weighted by molar-refractivity contribution is -0.139. The van der Waals surface area contributed by atoms with E-state index in [9.17, 15) is 13.2 Å². The van der Waals surface area contributed by atoms with Crippen LogP contribution in [0.2, 0.25) is 0 Å². The Morgan fingerprint density at radius 1 is 1.28 bits per heavy atom. The number of aryl methyl sites for hydroxylation is 3. The number of hydrogen-bond acceptors (Lipinski definition) is 4. The van der Waals surface area contributed by atoms with Crippen molar-refractivity contribution in [2.24, 2.45) is 4.99 Å². The van der Waals surface area contributed by atoms with E-state index in [-0.39, 0.29) is 13.2 Å². The lowest BCUT2D eigenvalue weighted by Crippen LogP contribution is -2.39. The first-order valence-corrected chi connectivity index (χ1v) is 9.49. The van der Waals surface area contributed by atoms with Crippen LogP contribution in [0, 0.1) is 13.8 Å². The summed E-state index contributed by atoms with van der Waals surface area (Å²) in [6.45, 7) is 8.25. The van der Waals surface area contributed by atoms with Crippen molar-refractivity contribution in [2.75, 3.05) is 26.2 Å². The quantitative estimate of drug-likeness (QED) is 0.376. The van der Waals surface area contributed by atoms with E-state index in [1.54, 1.807) is 0 Å². The second-order valence-corrected chi connectivity index (χ2v) is 6.39. The van der Waals surface area contributed by atoms with Crippen molar-refractivity contribution >= 4 is 5.96 Å². The Labute approximate surface area is 168 Å². The Bertz CT molecular complexity index is 803. The minimum Gasteiger partial charge on any atom is -0.475 e. The Hall–Kier alpha value is -2.78. The summed E-state index contributed by atoms with van der Waals surface area (Å²) in [5.74, 6) is 0.162. The number of alkyl halides is 3. The number of rotatable bonds is 9. The van der Waals surface area contributed by atoms with Crippen LogP contribution in [0.1, 0.15) is 30.3 Å². The highest BCUT2D eigenvalue weighted by Crippen LogP contribution is 2.34. The molecule has 0 bridgehead atoms. The number of pyridine rings is 1. The van der Waals surface area contributed by atoms with Crippen molar-refractivity contribution in [1.29, 1.82) is 0 Å². The van der Waals surface area contributed by atoms with Crippen molar-refractivity contribution < 1.29 is 17.9 Å². The smallest absolute Gasteiger partial charge is 0.421 e. The van der Waals surface area contributed by atoms with E-state index < -0.39 is 17.6 Å². The molecule has 0 spiro atoms. The highest BCUT2D eigenvalue weighted by Gasteiger charge is 2.34. The summed E-state index contributed by atoms with van der Waals surface area (Å²) >= 11 is 0. The zero-order valence-electron chi connectivity index (χ0n) is 16.9. The van der Waals surface area contributed by atoms with Gasteiger partial charge in [-0.3, -0.25) is 9.67 Å². The number of aromatic nitrogens is 3. The van der Waals surface area contributed by atoms with Crippen LogP contribution >= 0.6 is 0 Å². The molecular weight excluding hydrogens is 385 g/mol. The van der Waals surface area contributed by atoms with E-state index in [2.05, 4.69) is 25.7 Å². The number of halogens is 3. The summed E-state index contributed by atoms with van der Waals surface area (Å²) in [6.07, 6.45) is -2.41. The molecule has 160 valence electrons. The van der Waals surface area contributed by atoms with Crippen molar-refractivity contribution in [3.63, 3.8) is 0 Å². The molecule has 2 aromatic heterocycles. The van der Waals surface area contributed by atoms with Gasteiger partial charge < -0.3 is 15.4 Å². The second-order valence-electron chi connectivity index (χ2n) is 6.39. The van der Waals surface area contributed by atoms with Crippen LogP contribution < -0.4 is 15.4 Å². The fourth-order valence-corrected chi connectivity index (χ4v) is 2.69. The Morgan fingerprint density at radius 3 is 2.72 bits per heavy atom. The first-order valence-electron chi connectivity index (χ1n) is 9.49. The summed E-state index contributed by atoms with van der Waals surface area (Å²) in [5.41, 5.74) is 1.22. The largest absolute Gasteiger partial charge is 0.475 e. The SMILES string of the molecule is CCNC(=NCCCn1nc(C)cc1C)NCCOc1ncccc1C(F)(F)F. The van der Waals surface area contributed by atoms with E-state index in [4.69, 9.17) is 4.74 Å². The van der Waals surface area contributed by atoms with Gasteiger partial charge in [0.25, 0.3) is 0 Å². The van der Waals surface area contributed by atoms with Gasteiger partial charge in [-0.2, -0.15) is 18.3 Å². The number of nitrogens with one attached hydrogen (secondary N) is 2. The molecule has 29 heavy (non-hydrogen) atoms. The zero-order valence-corrected chi connectivity index (χ0v) is 16.9. The Balaban J connectivity index is 1.79. The van der Waals surface area contributed by atoms with Gasteiger partial charge in [-0.25, -0.2) is 4.98 Å². The van der Waals surface area contributed by atoms with Crippen molar-refractivity contribution in [3.05, 3.63) is 41.3 Å². The number of nitrogens with zero attached hydrogens (tertiary/aromatic N) is 4. The van der Waals surface area contributed by atoms with Crippen LogP contribution in [0.5, 0.6) is 5.88 Å². The zero-order chi connectivity index (χ0) is 21.3. The average molecular weight is 412 g/mol. The molecule has 0 saturated heterocycles. The molecule has 0 saturated carbocycles. The summed E-state index contributed by atoms with van der Waals surface area (Å²) in [6, 6.07) is 4.21. The highest BCUT2D eigenvalue weighted by molar-refractivity contribution is 5.79. The Kier molecular flexibility index (Phi) is 8.29. The maximum absolute atomic E-state index is 12.9. The normalized spacial score (nSPS) is 12.1. The van der Waals surface area contributed by atoms with Crippen LogP contribution in [0.25, 0.3) is 0 Å². The summed E-state index contributed by atoms with van der Waals surface area (Å²) in [4.78, 5) is 8.14. The average Bonchev–Trinajstić information content (AvgIpc) is 2.98. The molecule has 0 aliphatic carbocycles. The third kappa shape index (κ3) is 7.28. The lowest BCUT2D eigenvalue weighted by atomic mass is 10.2. The first kappa shape index (κ1) is 22.5. The van der Waals surface area contributed by atoms with Gasteiger partial charge in [-0.1, -0.05) is 0 Å². The summed E-state index contributed by atoms with van der Waals surface area (Å²) in [7, 11) is 0. The highest BCUT2D eigenvalue weighted by atomic mass is 19.4. The topological polar surface area (TPSA) is 76.4 Å². The van der Waals surface area contributed by atoms with Crippen molar-refractivity contribution in [1.82, 2.24) is 25.4 Å². The molecule has 2 rings (SSSR count). The molecule has 0 fully saturated rings. The maximum Gasteiger partial charge on any atom is 0.421 e. The molecular formula is C19H27F3N6O. The van der Waals surface area contributed by atoms with Gasteiger partial charge in [0.1, 0.15) is 12.2 Å². The van der Waals surface area contributed by atoms with E-state index in [1.807, 2.05) is 31.5 Å². The third-order valence-electron chi connectivity index (χ3n) is 3.96. The maximum atomic E-state index is 12.9. The predicted octanol–water partition coefficient (Wildman–Crippen LogP) is 2.94. The predicted molar refractivity (Wildman–Crippen MR) is 105 cm³/mol. The van der Waals surface area contributed by atoms with Gasteiger partial charge in [0.05, 0.1) is 12.2 Å². The van der Waals surface area contributed by atoms with Crippen LogP contribution in [0.15, 0.2) is 29.4 Å². The number of aliphatic imine (C=N–C) groups is 1. The molecule has 0 aliphatic rings. The molecule has 0 amide bonds.